The number of hydrogen-bond acceptors (Lipinski definition) is 4. The van der Waals surface area contributed by atoms with Gasteiger partial charge in [0.05, 0.1) is 5.69 Å². The first-order chi connectivity index (χ1) is 10.2. The summed E-state index contributed by atoms with van der Waals surface area (Å²) in [6.45, 7) is 1.20. The van der Waals surface area contributed by atoms with E-state index in [2.05, 4.69) is 22.6 Å². The number of nitrogens with one attached hydrogen (secondary N) is 1. The summed E-state index contributed by atoms with van der Waals surface area (Å²) >= 11 is 6.03. The molecule has 5 heteroatoms. The number of rotatable bonds is 6. The van der Waals surface area contributed by atoms with Gasteiger partial charge in [-0.3, -0.25) is 0 Å². The molecule has 0 spiro atoms. The van der Waals surface area contributed by atoms with Crippen molar-refractivity contribution in [1.29, 1.82) is 0 Å². The molecule has 0 bridgehead atoms. The van der Waals surface area contributed by atoms with Crippen molar-refractivity contribution in [2.24, 2.45) is 0 Å². The Kier molecular flexibility index (Phi) is 4.58. The van der Waals surface area contributed by atoms with Gasteiger partial charge in [0.15, 0.2) is 5.76 Å². The minimum absolute atomic E-state index is 0.466. The van der Waals surface area contributed by atoms with Crippen LogP contribution in [0.1, 0.15) is 35.8 Å². The van der Waals surface area contributed by atoms with E-state index >= 15 is 0 Å². The number of aromatic nitrogens is 1. The topological polar surface area (TPSA) is 47.3 Å². The summed E-state index contributed by atoms with van der Waals surface area (Å²) in [5, 5.41) is 8.34. The molecule has 3 rings (SSSR count). The predicted octanol–water partition coefficient (Wildman–Crippen LogP) is 3.51. The van der Waals surface area contributed by atoms with E-state index in [1.165, 1.54) is 5.56 Å². The van der Waals surface area contributed by atoms with Gasteiger partial charge >= 0.3 is 0 Å². The monoisotopic (exact) mass is 306 g/mol. The number of nitrogens with zero attached hydrogens (tertiary/aromatic N) is 1. The molecule has 4 nitrogen and oxygen atoms in total. The zero-order valence-corrected chi connectivity index (χ0v) is 12.8. The number of halogens is 1. The van der Waals surface area contributed by atoms with Gasteiger partial charge in [0, 0.05) is 30.8 Å². The first-order valence-corrected chi connectivity index (χ1v) is 7.54. The lowest BCUT2D eigenvalue weighted by molar-refractivity contribution is 0.155. The normalized spacial score (nSPS) is 21.2. The molecule has 0 atom stereocenters. The van der Waals surface area contributed by atoms with Crippen LogP contribution in [0, 0.1) is 0 Å². The van der Waals surface area contributed by atoms with Gasteiger partial charge in [0.25, 0.3) is 0 Å². The highest BCUT2D eigenvalue weighted by Crippen LogP contribution is 2.37. The van der Waals surface area contributed by atoms with E-state index in [0.29, 0.717) is 18.6 Å². The van der Waals surface area contributed by atoms with E-state index in [1.54, 1.807) is 7.11 Å². The minimum Gasteiger partial charge on any atom is -0.377 e. The summed E-state index contributed by atoms with van der Waals surface area (Å²) in [6, 6.07) is 10.6. The maximum atomic E-state index is 6.03. The molecule has 1 saturated carbocycles. The quantitative estimate of drug-likeness (QED) is 0.887. The third-order valence-electron chi connectivity index (χ3n) is 3.92. The van der Waals surface area contributed by atoms with Crippen LogP contribution in [0.2, 0.25) is 5.02 Å². The molecule has 0 saturated heterocycles. The van der Waals surface area contributed by atoms with Crippen molar-refractivity contribution in [2.75, 3.05) is 7.11 Å². The first kappa shape index (κ1) is 14.6. The minimum atomic E-state index is 0.466. The highest BCUT2D eigenvalue weighted by atomic mass is 35.5. The zero-order valence-electron chi connectivity index (χ0n) is 12.0. The van der Waals surface area contributed by atoms with Gasteiger partial charge in [-0.25, -0.2) is 0 Å². The Balaban J connectivity index is 1.44. The molecule has 0 unspecified atom stereocenters. The fraction of sp³-hybridized carbons (Fsp3) is 0.438. The van der Waals surface area contributed by atoms with Gasteiger partial charge in [-0.05, 0) is 36.5 Å². The molecular weight excluding hydrogens is 288 g/mol. The number of methoxy groups -OCH3 is 1. The van der Waals surface area contributed by atoms with Crippen molar-refractivity contribution in [3.8, 4) is 0 Å². The fourth-order valence-corrected chi connectivity index (χ4v) is 2.91. The Bertz CT molecular complexity index is 593. The largest absolute Gasteiger partial charge is 0.377 e. The van der Waals surface area contributed by atoms with Crippen molar-refractivity contribution < 1.29 is 9.26 Å². The molecule has 0 amide bonds. The van der Waals surface area contributed by atoms with Crippen LogP contribution < -0.4 is 5.32 Å². The highest BCUT2D eigenvalue weighted by molar-refractivity contribution is 6.30. The molecule has 1 heterocycles. The molecule has 1 fully saturated rings. The molecule has 1 aliphatic rings. The Morgan fingerprint density at radius 1 is 1.38 bits per heavy atom. The third-order valence-corrected chi connectivity index (χ3v) is 4.16. The first-order valence-electron chi connectivity index (χ1n) is 7.17. The van der Waals surface area contributed by atoms with E-state index in [1.807, 2.05) is 18.2 Å². The predicted molar refractivity (Wildman–Crippen MR) is 81.3 cm³/mol. The molecule has 2 aromatic rings. The second-order valence-electron chi connectivity index (χ2n) is 5.52. The van der Waals surface area contributed by atoms with E-state index in [-0.39, 0.29) is 0 Å². The van der Waals surface area contributed by atoms with Crippen LogP contribution in [0.3, 0.4) is 0 Å². The number of hydrogen-bond donors (Lipinski definition) is 1. The van der Waals surface area contributed by atoms with E-state index in [4.69, 9.17) is 20.9 Å². The summed E-state index contributed by atoms with van der Waals surface area (Å²) < 4.78 is 10.2. The highest BCUT2D eigenvalue weighted by Gasteiger charge is 2.30. The molecular formula is C16H19ClN2O2. The van der Waals surface area contributed by atoms with Gasteiger partial charge < -0.3 is 14.6 Å². The van der Waals surface area contributed by atoms with Crippen molar-refractivity contribution >= 4 is 11.6 Å². The van der Waals surface area contributed by atoms with Crippen LogP contribution in [0.5, 0.6) is 0 Å². The number of benzene rings is 1. The van der Waals surface area contributed by atoms with Crippen LogP contribution in [0.15, 0.2) is 34.9 Å². The third kappa shape index (κ3) is 3.64. The van der Waals surface area contributed by atoms with Crippen LogP contribution in [-0.2, 0) is 17.9 Å². The van der Waals surface area contributed by atoms with Crippen molar-refractivity contribution in [3.05, 3.63) is 52.4 Å². The summed E-state index contributed by atoms with van der Waals surface area (Å²) in [5.41, 5.74) is 2.26. The van der Waals surface area contributed by atoms with Crippen LogP contribution in [-0.4, -0.2) is 18.3 Å². The molecule has 0 radical (unpaired) electrons. The Morgan fingerprint density at radius 2 is 2.24 bits per heavy atom. The maximum absolute atomic E-state index is 6.03. The van der Waals surface area contributed by atoms with E-state index < -0.39 is 0 Å². The fourth-order valence-electron chi connectivity index (χ4n) is 2.72. The molecule has 1 aliphatic carbocycles. The zero-order chi connectivity index (χ0) is 14.7. The lowest BCUT2D eigenvalue weighted by Crippen LogP contribution is -2.39. The van der Waals surface area contributed by atoms with E-state index in [9.17, 15) is 0 Å². The Hall–Kier alpha value is -1.36. The number of ether oxygens (including phenoxy) is 1. The summed E-state index contributed by atoms with van der Waals surface area (Å²) in [7, 11) is 1.64. The van der Waals surface area contributed by atoms with Gasteiger partial charge in [-0.1, -0.05) is 28.9 Å². The van der Waals surface area contributed by atoms with Crippen molar-refractivity contribution in [2.45, 2.75) is 38.0 Å². The average Bonchev–Trinajstić information content (AvgIpc) is 2.85. The lowest BCUT2D eigenvalue weighted by Gasteiger charge is -2.36. The van der Waals surface area contributed by atoms with Gasteiger partial charge in [-0.2, -0.15) is 0 Å². The molecule has 0 aliphatic heterocycles. The Labute approximate surface area is 129 Å². The average molecular weight is 307 g/mol. The summed E-state index contributed by atoms with van der Waals surface area (Å²) in [5.74, 6) is 1.38. The standard InChI is InChI=1S/C16H19ClN2O2/c1-20-10-16-8-15(19-21-16)9-18-14-6-12(7-14)11-3-2-4-13(17)5-11/h2-5,8,12,14,18H,6-7,9-10H2,1H3. The summed E-state index contributed by atoms with van der Waals surface area (Å²) in [4.78, 5) is 0. The van der Waals surface area contributed by atoms with E-state index in [0.717, 1.165) is 35.9 Å². The van der Waals surface area contributed by atoms with Gasteiger partial charge in [-0.15, -0.1) is 0 Å². The smallest absolute Gasteiger partial charge is 0.162 e. The summed E-state index contributed by atoms with van der Waals surface area (Å²) in [6.07, 6.45) is 2.28. The van der Waals surface area contributed by atoms with Crippen molar-refractivity contribution in [1.82, 2.24) is 10.5 Å². The van der Waals surface area contributed by atoms with Gasteiger partial charge in [0.2, 0.25) is 0 Å². The SMILES string of the molecule is COCc1cc(CNC2CC(c3cccc(Cl)c3)C2)no1. The molecule has 112 valence electrons. The molecule has 21 heavy (non-hydrogen) atoms. The van der Waals surface area contributed by atoms with Crippen molar-refractivity contribution in [3.63, 3.8) is 0 Å². The van der Waals surface area contributed by atoms with Crippen LogP contribution >= 0.6 is 11.6 Å². The van der Waals surface area contributed by atoms with Gasteiger partial charge in [0.1, 0.15) is 6.61 Å². The second-order valence-corrected chi connectivity index (χ2v) is 5.96. The lowest BCUT2D eigenvalue weighted by atomic mass is 9.76. The second kappa shape index (κ2) is 6.60. The van der Waals surface area contributed by atoms with Crippen LogP contribution in [0.4, 0.5) is 0 Å². The molecule has 1 aromatic carbocycles. The molecule has 1 N–H and O–H groups in total. The van der Waals surface area contributed by atoms with Crippen LogP contribution in [0.25, 0.3) is 0 Å². The Morgan fingerprint density at radius 3 is 3.00 bits per heavy atom. The molecule has 1 aromatic heterocycles. The maximum Gasteiger partial charge on any atom is 0.162 e.